The molecule has 1 N–H and O–H groups in total. The van der Waals surface area contributed by atoms with Gasteiger partial charge in [-0.1, -0.05) is 28.1 Å². The van der Waals surface area contributed by atoms with Gasteiger partial charge in [0.25, 0.3) is 0 Å². The van der Waals surface area contributed by atoms with E-state index in [4.69, 9.17) is 12.2 Å². The van der Waals surface area contributed by atoms with Gasteiger partial charge in [-0.3, -0.25) is 5.10 Å². The molecular formula is C14H14BrF2N3S. The zero-order valence-electron chi connectivity index (χ0n) is 11.4. The first-order valence-electron chi connectivity index (χ1n) is 6.56. The molecule has 1 aromatic carbocycles. The van der Waals surface area contributed by atoms with Gasteiger partial charge in [0.05, 0.1) is 0 Å². The molecule has 0 saturated heterocycles. The first kappa shape index (κ1) is 14.8. The lowest BCUT2D eigenvalue weighted by Crippen LogP contribution is -2.51. The van der Waals surface area contributed by atoms with Gasteiger partial charge in [-0.15, -0.1) is 0 Å². The van der Waals surface area contributed by atoms with Crippen LogP contribution in [0.3, 0.4) is 0 Å². The van der Waals surface area contributed by atoms with Crippen LogP contribution >= 0.6 is 28.1 Å². The number of halogens is 3. The summed E-state index contributed by atoms with van der Waals surface area (Å²) in [4.78, 5) is 0. The molecule has 3 nitrogen and oxygen atoms in total. The largest absolute Gasteiger partial charge is 0.307 e. The smallest absolute Gasteiger partial charge is 0.249 e. The van der Waals surface area contributed by atoms with Crippen LogP contribution in [0.25, 0.3) is 0 Å². The number of nitrogens with one attached hydrogen (secondary N) is 1. The van der Waals surface area contributed by atoms with Gasteiger partial charge in [0.2, 0.25) is 5.92 Å². The highest BCUT2D eigenvalue weighted by Crippen LogP contribution is 2.55. The molecule has 1 aliphatic carbocycles. The predicted octanol–water partition coefficient (Wildman–Crippen LogP) is 4.15. The number of rotatable bonds is 3. The molecule has 0 amide bonds. The minimum Gasteiger partial charge on any atom is -0.307 e. The van der Waals surface area contributed by atoms with Crippen molar-refractivity contribution in [1.82, 2.24) is 14.8 Å². The summed E-state index contributed by atoms with van der Waals surface area (Å²) in [7, 11) is 1.80. The molecule has 2 aromatic rings. The van der Waals surface area contributed by atoms with Crippen molar-refractivity contribution in [3.63, 3.8) is 0 Å². The van der Waals surface area contributed by atoms with Gasteiger partial charge in [-0.05, 0) is 29.9 Å². The van der Waals surface area contributed by atoms with Gasteiger partial charge in [0.15, 0.2) is 4.77 Å². The fourth-order valence-corrected chi connectivity index (χ4v) is 3.58. The molecule has 1 aromatic heterocycles. The molecule has 0 bridgehead atoms. The predicted molar refractivity (Wildman–Crippen MR) is 82.1 cm³/mol. The van der Waals surface area contributed by atoms with Crippen LogP contribution in [-0.2, 0) is 18.9 Å². The highest BCUT2D eigenvalue weighted by molar-refractivity contribution is 9.10. The van der Waals surface area contributed by atoms with Gasteiger partial charge >= 0.3 is 0 Å². The molecule has 0 atom stereocenters. The second-order valence-electron chi connectivity index (χ2n) is 5.68. The second-order valence-corrected chi connectivity index (χ2v) is 6.98. The molecule has 0 unspecified atom stereocenters. The van der Waals surface area contributed by atoms with Crippen LogP contribution in [0.4, 0.5) is 8.78 Å². The molecule has 1 aliphatic rings. The fraction of sp³-hybridized carbons (Fsp3) is 0.429. The lowest BCUT2D eigenvalue weighted by Gasteiger charge is -2.47. The number of hydrogen-bond donors (Lipinski definition) is 1. The quantitative estimate of drug-likeness (QED) is 0.819. The van der Waals surface area contributed by atoms with E-state index < -0.39 is 11.3 Å². The lowest BCUT2D eigenvalue weighted by atomic mass is 9.60. The van der Waals surface area contributed by atoms with Crippen LogP contribution in [0.1, 0.15) is 24.2 Å². The summed E-state index contributed by atoms with van der Waals surface area (Å²) in [6.45, 7) is 0. The minimum atomic E-state index is -2.60. The van der Waals surface area contributed by atoms with Crippen LogP contribution in [0, 0.1) is 4.77 Å². The Hall–Kier alpha value is -1.08. The van der Waals surface area contributed by atoms with Crippen LogP contribution in [0.2, 0.25) is 0 Å². The third-order valence-electron chi connectivity index (χ3n) is 4.10. The van der Waals surface area contributed by atoms with Crippen LogP contribution in [0.5, 0.6) is 0 Å². The maximum absolute atomic E-state index is 13.6. The minimum absolute atomic E-state index is 0.157. The molecule has 1 fully saturated rings. The van der Waals surface area contributed by atoms with E-state index in [1.165, 1.54) is 0 Å². The van der Waals surface area contributed by atoms with Crippen molar-refractivity contribution in [2.75, 3.05) is 0 Å². The Balaban J connectivity index is 1.99. The zero-order valence-corrected chi connectivity index (χ0v) is 13.8. The monoisotopic (exact) mass is 373 g/mol. The molecule has 112 valence electrons. The van der Waals surface area contributed by atoms with E-state index in [9.17, 15) is 8.78 Å². The Morgan fingerprint density at radius 3 is 2.67 bits per heavy atom. The molecule has 0 aliphatic heterocycles. The van der Waals surface area contributed by atoms with Crippen molar-refractivity contribution in [1.29, 1.82) is 0 Å². The summed E-state index contributed by atoms with van der Waals surface area (Å²) in [5, 5.41) is 6.88. The average molecular weight is 374 g/mol. The average Bonchev–Trinajstić information content (AvgIpc) is 2.68. The fourth-order valence-electron chi connectivity index (χ4n) is 3.03. The van der Waals surface area contributed by atoms with E-state index in [0.29, 0.717) is 17.0 Å². The molecule has 1 heterocycles. The number of hydrogen-bond acceptors (Lipinski definition) is 2. The summed E-state index contributed by atoms with van der Waals surface area (Å²) in [5.41, 5.74) is 0.332. The van der Waals surface area contributed by atoms with Gasteiger partial charge in [-0.25, -0.2) is 8.78 Å². The lowest BCUT2D eigenvalue weighted by molar-refractivity contribution is -0.127. The Labute approximate surface area is 134 Å². The SMILES string of the molecule is Cn1c(CC2(c3cccc(Br)c3)CC(F)(F)C2)n[nH]c1=S. The third kappa shape index (κ3) is 2.68. The van der Waals surface area contributed by atoms with E-state index in [2.05, 4.69) is 26.1 Å². The summed E-state index contributed by atoms with van der Waals surface area (Å²) in [5.74, 6) is -1.90. The zero-order chi connectivity index (χ0) is 15.3. The topological polar surface area (TPSA) is 33.6 Å². The van der Waals surface area contributed by atoms with Gasteiger partial charge in [-0.2, -0.15) is 5.10 Å². The summed E-state index contributed by atoms with van der Waals surface area (Å²) in [6, 6.07) is 7.59. The van der Waals surface area contributed by atoms with Crippen molar-refractivity contribution < 1.29 is 8.78 Å². The summed E-state index contributed by atoms with van der Waals surface area (Å²) < 4.78 is 30.3. The maximum Gasteiger partial charge on any atom is 0.249 e. The van der Waals surface area contributed by atoms with Crippen molar-refractivity contribution in [2.24, 2.45) is 7.05 Å². The number of benzene rings is 1. The van der Waals surface area contributed by atoms with E-state index in [-0.39, 0.29) is 12.8 Å². The number of aromatic amines is 1. The Bertz CT molecular complexity index is 730. The standard InChI is InChI=1S/C14H14BrF2N3S/c1-20-11(18-19-12(20)21)6-13(7-14(16,17)8-13)9-3-2-4-10(15)5-9/h2-5H,6-8H2,1H3,(H,19,21). The van der Waals surface area contributed by atoms with Crippen LogP contribution in [0.15, 0.2) is 28.7 Å². The van der Waals surface area contributed by atoms with Crippen LogP contribution in [-0.4, -0.2) is 20.7 Å². The van der Waals surface area contributed by atoms with E-state index >= 15 is 0 Å². The number of H-pyrrole nitrogens is 1. The summed E-state index contributed by atoms with van der Waals surface area (Å²) in [6.07, 6.45) is 0.134. The molecule has 0 spiro atoms. The first-order valence-corrected chi connectivity index (χ1v) is 7.76. The Morgan fingerprint density at radius 2 is 2.14 bits per heavy atom. The highest BCUT2D eigenvalue weighted by Gasteiger charge is 2.57. The number of aromatic nitrogens is 3. The number of alkyl halides is 2. The highest BCUT2D eigenvalue weighted by atomic mass is 79.9. The normalized spacial score (nSPS) is 19.2. The maximum atomic E-state index is 13.6. The number of nitrogens with zero attached hydrogens (tertiary/aromatic N) is 2. The Morgan fingerprint density at radius 1 is 1.43 bits per heavy atom. The van der Waals surface area contributed by atoms with Crippen molar-refractivity contribution in [2.45, 2.75) is 30.6 Å². The van der Waals surface area contributed by atoms with Crippen molar-refractivity contribution >= 4 is 28.1 Å². The third-order valence-corrected chi connectivity index (χ3v) is 4.96. The van der Waals surface area contributed by atoms with Gasteiger partial charge in [0, 0.05) is 36.2 Å². The second kappa shape index (κ2) is 4.98. The van der Waals surface area contributed by atoms with E-state index in [0.717, 1.165) is 10.0 Å². The molecule has 21 heavy (non-hydrogen) atoms. The van der Waals surface area contributed by atoms with E-state index in [1.54, 1.807) is 11.6 Å². The molecular weight excluding hydrogens is 360 g/mol. The summed E-state index contributed by atoms with van der Waals surface area (Å²) >= 11 is 8.50. The Kier molecular flexibility index (Phi) is 3.52. The van der Waals surface area contributed by atoms with Crippen LogP contribution < -0.4 is 0 Å². The van der Waals surface area contributed by atoms with Gasteiger partial charge < -0.3 is 4.57 Å². The van der Waals surface area contributed by atoms with E-state index in [1.807, 2.05) is 24.3 Å². The van der Waals surface area contributed by atoms with Crippen molar-refractivity contribution in [3.8, 4) is 0 Å². The van der Waals surface area contributed by atoms with Gasteiger partial charge in [0.1, 0.15) is 5.82 Å². The molecule has 7 heteroatoms. The molecule has 0 radical (unpaired) electrons. The molecule has 1 saturated carbocycles. The van der Waals surface area contributed by atoms with Crippen molar-refractivity contribution in [3.05, 3.63) is 44.9 Å². The molecule has 3 rings (SSSR count). The first-order chi connectivity index (χ1) is 9.81.